The van der Waals surface area contributed by atoms with E-state index in [9.17, 15) is 15.2 Å². The fraction of sp³-hybridized carbons (Fsp3) is 0.0588. The maximum absolute atomic E-state index is 12.2. The highest BCUT2D eigenvalue weighted by molar-refractivity contribution is 14.1. The minimum Gasteiger partial charge on any atom is -0.508 e. The van der Waals surface area contributed by atoms with Crippen LogP contribution in [-0.2, 0) is 4.79 Å². The number of phenols is 1. The van der Waals surface area contributed by atoms with Crippen LogP contribution >= 0.6 is 45.2 Å². The fourth-order valence-electron chi connectivity index (χ4n) is 1.92. The Balaban J connectivity index is 2.27. The number of nitrogens with one attached hydrogen (secondary N) is 1. The second-order valence-electron chi connectivity index (χ2n) is 4.69. The lowest BCUT2D eigenvalue weighted by Gasteiger charge is -2.08. The Morgan fingerprint density at radius 3 is 2.33 bits per heavy atom. The van der Waals surface area contributed by atoms with Gasteiger partial charge in [-0.15, -0.1) is 0 Å². The molecule has 2 aromatic rings. The van der Waals surface area contributed by atoms with Gasteiger partial charge < -0.3 is 15.2 Å². The van der Waals surface area contributed by atoms with Crippen molar-refractivity contribution in [2.45, 2.75) is 0 Å². The van der Waals surface area contributed by atoms with Gasteiger partial charge in [0.2, 0.25) is 0 Å². The van der Waals surface area contributed by atoms with Gasteiger partial charge in [-0.2, -0.15) is 5.26 Å². The third kappa shape index (κ3) is 4.61. The number of benzene rings is 2. The molecule has 0 aromatic heterocycles. The van der Waals surface area contributed by atoms with Crippen molar-refractivity contribution in [1.29, 1.82) is 5.26 Å². The van der Waals surface area contributed by atoms with Crippen molar-refractivity contribution in [3.63, 3.8) is 0 Å². The molecule has 2 N–H and O–H groups in total. The molecule has 0 heterocycles. The molecule has 2 rings (SSSR count). The molecule has 0 saturated heterocycles. The summed E-state index contributed by atoms with van der Waals surface area (Å²) in [5.74, 6) is 0.357. The van der Waals surface area contributed by atoms with Crippen LogP contribution in [0.4, 0.5) is 5.69 Å². The van der Waals surface area contributed by atoms with Crippen LogP contribution in [0.5, 0.6) is 11.5 Å². The molecule has 24 heavy (non-hydrogen) atoms. The van der Waals surface area contributed by atoms with E-state index >= 15 is 0 Å². The fourth-order valence-corrected chi connectivity index (χ4v) is 4.17. The molecule has 5 nitrogen and oxygen atoms in total. The Hall–Kier alpha value is -1.80. The molecule has 0 unspecified atom stereocenters. The molecule has 122 valence electrons. The molecule has 0 bridgehead atoms. The zero-order chi connectivity index (χ0) is 17.7. The first-order chi connectivity index (χ1) is 11.4. The number of methoxy groups -OCH3 is 1. The number of halogens is 2. The number of carbonyl (C=O) groups excluding carboxylic acids is 1. The maximum atomic E-state index is 12.2. The smallest absolute Gasteiger partial charge is 0.266 e. The van der Waals surface area contributed by atoms with Crippen molar-refractivity contribution in [3.8, 4) is 17.6 Å². The largest absolute Gasteiger partial charge is 0.508 e. The minimum absolute atomic E-state index is 0.0140. The number of ether oxygens (including phenoxy) is 1. The van der Waals surface area contributed by atoms with E-state index in [2.05, 4.69) is 50.5 Å². The van der Waals surface area contributed by atoms with Gasteiger partial charge in [-0.25, -0.2) is 0 Å². The highest BCUT2D eigenvalue weighted by Crippen LogP contribution is 2.29. The minimum atomic E-state index is -0.510. The summed E-state index contributed by atoms with van der Waals surface area (Å²) < 4.78 is 7.08. The third-order valence-corrected chi connectivity index (χ3v) is 4.63. The molecule has 0 aliphatic carbocycles. The third-order valence-electron chi connectivity index (χ3n) is 3.03. The summed E-state index contributed by atoms with van der Waals surface area (Å²) in [6, 6.07) is 11.6. The van der Waals surface area contributed by atoms with Crippen molar-refractivity contribution < 1.29 is 14.6 Å². The summed E-state index contributed by atoms with van der Waals surface area (Å²) in [6.45, 7) is 0. The monoisotopic (exact) mass is 546 g/mol. The van der Waals surface area contributed by atoms with Crippen LogP contribution in [0.3, 0.4) is 0 Å². The molecule has 0 fully saturated rings. The molecule has 1 amide bonds. The van der Waals surface area contributed by atoms with Gasteiger partial charge >= 0.3 is 0 Å². The summed E-state index contributed by atoms with van der Waals surface area (Å²) in [7, 11) is 1.60. The normalized spacial score (nSPS) is 10.8. The lowest BCUT2D eigenvalue weighted by Crippen LogP contribution is -2.13. The standard InChI is InChI=1S/C17H12I2N2O3/c1-24-16-14(18)7-10(8-15(16)19)6-11(9-20)17(23)21-12-2-4-13(22)5-3-12/h2-8,22H,1H3,(H,21,23)/b11-6+. The second-order valence-corrected chi connectivity index (χ2v) is 7.01. The first kappa shape index (κ1) is 18.5. The number of nitriles is 1. The topological polar surface area (TPSA) is 82.3 Å². The van der Waals surface area contributed by atoms with Gasteiger partial charge in [0, 0.05) is 5.69 Å². The molecule has 0 radical (unpaired) electrons. The number of anilines is 1. The summed E-state index contributed by atoms with van der Waals surface area (Å²) in [5, 5.41) is 21.1. The van der Waals surface area contributed by atoms with Crippen LogP contribution in [0, 0.1) is 18.5 Å². The van der Waals surface area contributed by atoms with Gasteiger partial charge in [-0.3, -0.25) is 4.79 Å². The lowest BCUT2D eigenvalue weighted by atomic mass is 10.1. The number of hydrogen-bond acceptors (Lipinski definition) is 4. The predicted molar refractivity (Wildman–Crippen MR) is 109 cm³/mol. The van der Waals surface area contributed by atoms with E-state index in [1.165, 1.54) is 18.2 Å². The van der Waals surface area contributed by atoms with Crippen LogP contribution < -0.4 is 10.1 Å². The number of hydrogen-bond donors (Lipinski definition) is 2. The van der Waals surface area contributed by atoms with Gasteiger partial charge in [0.1, 0.15) is 23.1 Å². The number of aromatic hydroxyl groups is 1. The molecule has 2 aromatic carbocycles. The molecular formula is C17H12I2N2O3. The van der Waals surface area contributed by atoms with Crippen LogP contribution in [0.1, 0.15) is 5.56 Å². The average molecular weight is 546 g/mol. The zero-order valence-corrected chi connectivity index (χ0v) is 16.8. The Morgan fingerprint density at radius 1 is 1.25 bits per heavy atom. The van der Waals surface area contributed by atoms with Crippen LogP contribution in [-0.4, -0.2) is 18.1 Å². The quantitative estimate of drug-likeness (QED) is 0.262. The van der Waals surface area contributed by atoms with Crippen molar-refractivity contribution in [1.82, 2.24) is 0 Å². The van der Waals surface area contributed by atoms with E-state index in [0.717, 1.165) is 18.5 Å². The summed E-state index contributed by atoms with van der Waals surface area (Å²) in [6.07, 6.45) is 1.53. The van der Waals surface area contributed by atoms with E-state index in [1.807, 2.05) is 18.2 Å². The molecule has 0 aliphatic rings. The van der Waals surface area contributed by atoms with Crippen molar-refractivity contribution in [2.24, 2.45) is 0 Å². The van der Waals surface area contributed by atoms with E-state index in [4.69, 9.17) is 4.74 Å². The lowest BCUT2D eigenvalue weighted by molar-refractivity contribution is -0.112. The van der Waals surface area contributed by atoms with Gasteiger partial charge in [0.15, 0.2) is 0 Å². The molecule has 0 spiro atoms. The van der Waals surface area contributed by atoms with Crippen LogP contribution in [0.15, 0.2) is 42.0 Å². The van der Waals surface area contributed by atoms with Crippen molar-refractivity contribution >= 4 is 62.9 Å². The molecule has 0 atom stereocenters. The first-order valence-electron chi connectivity index (χ1n) is 6.70. The van der Waals surface area contributed by atoms with E-state index in [-0.39, 0.29) is 11.3 Å². The summed E-state index contributed by atoms with van der Waals surface area (Å²) in [5.41, 5.74) is 1.22. The highest BCUT2D eigenvalue weighted by atomic mass is 127. The SMILES string of the molecule is COc1c(I)cc(/C=C(\C#N)C(=O)Nc2ccc(O)cc2)cc1I. The van der Waals surface area contributed by atoms with Crippen molar-refractivity contribution in [3.05, 3.63) is 54.7 Å². The predicted octanol–water partition coefficient (Wildman–Crippen LogP) is 4.16. The molecule has 0 aliphatic heterocycles. The number of phenolic OH excluding ortho intramolecular Hbond substituents is 1. The second kappa shape index (κ2) is 8.34. The van der Waals surface area contributed by atoms with Gasteiger partial charge in [0.05, 0.1) is 14.3 Å². The first-order valence-corrected chi connectivity index (χ1v) is 8.85. The van der Waals surface area contributed by atoms with E-state index in [1.54, 1.807) is 19.2 Å². The molecular weight excluding hydrogens is 534 g/mol. The Kier molecular flexibility index (Phi) is 6.44. The number of nitrogens with zero attached hydrogens (tertiary/aromatic N) is 1. The number of amides is 1. The number of rotatable bonds is 4. The number of carbonyl (C=O) groups is 1. The Morgan fingerprint density at radius 2 is 1.83 bits per heavy atom. The Labute approximate surface area is 166 Å². The van der Waals surface area contributed by atoms with Gasteiger partial charge in [-0.05, 0) is 93.2 Å². The van der Waals surface area contributed by atoms with Gasteiger partial charge in [0.25, 0.3) is 5.91 Å². The van der Waals surface area contributed by atoms with E-state index in [0.29, 0.717) is 5.69 Å². The maximum Gasteiger partial charge on any atom is 0.266 e. The van der Waals surface area contributed by atoms with Crippen LogP contribution in [0.25, 0.3) is 6.08 Å². The Bertz CT molecular complexity index is 817. The molecule has 0 saturated carbocycles. The van der Waals surface area contributed by atoms with Gasteiger partial charge in [-0.1, -0.05) is 0 Å². The summed E-state index contributed by atoms with van der Waals surface area (Å²) >= 11 is 4.29. The summed E-state index contributed by atoms with van der Waals surface area (Å²) in [4.78, 5) is 12.2. The molecule has 7 heteroatoms. The highest BCUT2D eigenvalue weighted by Gasteiger charge is 2.12. The zero-order valence-electron chi connectivity index (χ0n) is 12.5. The van der Waals surface area contributed by atoms with Crippen LogP contribution in [0.2, 0.25) is 0 Å². The average Bonchev–Trinajstić information content (AvgIpc) is 2.54. The van der Waals surface area contributed by atoms with E-state index < -0.39 is 5.91 Å². The van der Waals surface area contributed by atoms with Crippen molar-refractivity contribution in [2.75, 3.05) is 12.4 Å².